The molecular weight excluding hydrogens is 467 g/mol. The van der Waals surface area contributed by atoms with Gasteiger partial charge in [0.05, 0.1) is 28.2 Å². The van der Waals surface area contributed by atoms with E-state index in [1.807, 2.05) is 39.1 Å². The molecule has 0 atom stereocenters. The molecule has 3 heterocycles. The first-order chi connectivity index (χ1) is 15.2. The zero-order valence-electron chi connectivity index (χ0n) is 18.0. The standard InChI is InChI=1S/C23H20Cl2N4O2S/c1-12-18(14(3)30-28-12)8-23(11-26,9-19-13(2)29-31-15(19)4)22-27-21(10-32-22)17-6-5-16(24)7-20(17)25/h5-7,10H,8-9H2,1-4H3. The minimum Gasteiger partial charge on any atom is -0.361 e. The van der Waals surface area contributed by atoms with E-state index in [1.54, 1.807) is 12.1 Å². The molecule has 4 aromatic rings. The molecule has 9 heteroatoms. The van der Waals surface area contributed by atoms with Crippen LogP contribution in [-0.2, 0) is 18.3 Å². The van der Waals surface area contributed by atoms with Crippen LogP contribution in [0.3, 0.4) is 0 Å². The zero-order chi connectivity index (χ0) is 23.0. The van der Waals surface area contributed by atoms with Gasteiger partial charge in [0.1, 0.15) is 21.9 Å². The summed E-state index contributed by atoms with van der Waals surface area (Å²) in [6, 6.07) is 7.85. The smallest absolute Gasteiger partial charge is 0.137 e. The van der Waals surface area contributed by atoms with Crippen LogP contribution in [-0.4, -0.2) is 15.3 Å². The molecule has 0 aliphatic carbocycles. The Hall–Kier alpha value is -2.66. The fourth-order valence-electron chi connectivity index (χ4n) is 3.77. The molecule has 0 unspecified atom stereocenters. The first kappa shape index (κ1) is 22.5. The van der Waals surface area contributed by atoms with Crippen molar-refractivity contribution in [2.45, 2.75) is 46.0 Å². The normalized spacial score (nSPS) is 11.7. The lowest BCUT2D eigenvalue weighted by Crippen LogP contribution is -2.31. The van der Waals surface area contributed by atoms with E-state index >= 15 is 0 Å². The number of nitrogens with zero attached hydrogens (tertiary/aromatic N) is 4. The van der Waals surface area contributed by atoms with E-state index in [0.717, 1.165) is 28.1 Å². The summed E-state index contributed by atoms with van der Waals surface area (Å²) in [4.78, 5) is 4.86. The number of aryl methyl sites for hydroxylation is 4. The predicted octanol–water partition coefficient (Wildman–Crippen LogP) is 6.57. The van der Waals surface area contributed by atoms with E-state index in [0.29, 0.717) is 45.1 Å². The van der Waals surface area contributed by atoms with Gasteiger partial charge in [-0.05, 0) is 45.9 Å². The van der Waals surface area contributed by atoms with Crippen molar-refractivity contribution in [3.8, 4) is 17.3 Å². The number of aromatic nitrogens is 3. The lowest BCUT2D eigenvalue weighted by Gasteiger charge is -2.24. The quantitative estimate of drug-likeness (QED) is 0.306. The molecule has 0 radical (unpaired) electrons. The molecule has 1 aromatic carbocycles. The highest BCUT2D eigenvalue weighted by Crippen LogP contribution is 2.40. The van der Waals surface area contributed by atoms with Crippen LogP contribution in [0.2, 0.25) is 10.0 Å². The minimum atomic E-state index is -0.968. The fourth-order valence-corrected chi connectivity index (χ4v) is 5.24. The third-order valence-electron chi connectivity index (χ3n) is 5.65. The Balaban J connectivity index is 1.84. The fraction of sp³-hybridized carbons (Fsp3) is 0.304. The van der Waals surface area contributed by atoms with Gasteiger partial charge >= 0.3 is 0 Å². The van der Waals surface area contributed by atoms with Crippen LogP contribution in [0.4, 0.5) is 0 Å². The molecular formula is C23H20Cl2N4O2S. The molecule has 0 N–H and O–H groups in total. The van der Waals surface area contributed by atoms with Crippen molar-refractivity contribution >= 4 is 34.5 Å². The number of hydrogen-bond donors (Lipinski definition) is 0. The van der Waals surface area contributed by atoms with Gasteiger partial charge < -0.3 is 9.05 Å². The van der Waals surface area contributed by atoms with Crippen molar-refractivity contribution in [2.24, 2.45) is 0 Å². The van der Waals surface area contributed by atoms with Gasteiger partial charge in [-0.2, -0.15) is 5.26 Å². The number of thiazole rings is 1. The van der Waals surface area contributed by atoms with Crippen LogP contribution < -0.4 is 0 Å². The van der Waals surface area contributed by atoms with Gasteiger partial charge in [-0.3, -0.25) is 0 Å². The molecule has 6 nitrogen and oxygen atoms in total. The van der Waals surface area contributed by atoms with Crippen molar-refractivity contribution in [1.82, 2.24) is 15.3 Å². The molecule has 0 aliphatic rings. The van der Waals surface area contributed by atoms with Gasteiger partial charge in [-0.15, -0.1) is 11.3 Å². The maximum Gasteiger partial charge on any atom is 0.137 e. The lowest BCUT2D eigenvalue weighted by atomic mass is 9.77. The molecule has 0 amide bonds. The average Bonchev–Trinajstić information content (AvgIpc) is 3.45. The maximum absolute atomic E-state index is 10.5. The maximum atomic E-state index is 10.5. The second-order valence-electron chi connectivity index (χ2n) is 7.81. The van der Waals surface area contributed by atoms with Crippen LogP contribution in [0.5, 0.6) is 0 Å². The van der Waals surface area contributed by atoms with E-state index in [4.69, 9.17) is 37.2 Å². The molecule has 0 saturated carbocycles. The van der Waals surface area contributed by atoms with Crippen LogP contribution in [0.1, 0.15) is 39.0 Å². The van der Waals surface area contributed by atoms with E-state index in [9.17, 15) is 5.26 Å². The van der Waals surface area contributed by atoms with Gasteiger partial charge in [0.2, 0.25) is 0 Å². The molecule has 164 valence electrons. The third-order valence-corrected chi connectivity index (χ3v) is 7.25. The molecule has 0 bridgehead atoms. The van der Waals surface area contributed by atoms with Gasteiger partial charge in [-0.25, -0.2) is 4.98 Å². The summed E-state index contributed by atoms with van der Waals surface area (Å²) in [5, 5.41) is 22.3. The largest absolute Gasteiger partial charge is 0.361 e. The molecule has 0 fully saturated rings. The lowest BCUT2D eigenvalue weighted by molar-refractivity contribution is 0.389. The first-order valence-corrected chi connectivity index (χ1v) is 11.5. The van der Waals surface area contributed by atoms with Gasteiger partial charge in [0.25, 0.3) is 0 Å². The number of hydrogen-bond acceptors (Lipinski definition) is 7. The predicted molar refractivity (Wildman–Crippen MR) is 124 cm³/mol. The second kappa shape index (κ2) is 8.70. The SMILES string of the molecule is Cc1noc(C)c1CC(C#N)(Cc1c(C)noc1C)c1nc(-c2ccc(Cl)cc2Cl)cs1. The molecule has 3 aromatic heterocycles. The Morgan fingerprint density at radius 2 is 1.59 bits per heavy atom. The van der Waals surface area contributed by atoms with Crippen molar-refractivity contribution in [2.75, 3.05) is 0 Å². The van der Waals surface area contributed by atoms with Crippen LogP contribution in [0.15, 0.2) is 32.6 Å². The molecule has 4 rings (SSSR count). The van der Waals surface area contributed by atoms with E-state index in [-0.39, 0.29) is 0 Å². The van der Waals surface area contributed by atoms with Crippen molar-refractivity contribution in [3.63, 3.8) is 0 Å². The Labute approximate surface area is 199 Å². The summed E-state index contributed by atoms with van der Waals surface area (Å²) in [6.45, 7) is 7.47. The Morgan fingerprint density at radius 3 is 2.06 bits per heavy atom. The highest BCUT2D eigenvalue weighted by Gasteiger charge is 2.40. The van der Waals surface area contributed by atoms with E-state index in [1.165, 1.54) is 11.3 Å². The highest BCUT2D eigenvalue weighted by molar-refractivity contribution is 7.10. The molecule has 0 aliphatic heterocycles. The van der Waals surface area contributed by atoms with Crippen LogP contribution in [0.25, 0.3) is 11.3 Å². The van der Waals surface area contributed by atoms with E-state index in [2.05, 4.69) is 16.4 Å². The van der Waals surface area contributed by atoms with Crippen LogP contribution in [0, 0.1) is 39.0 Å². The van der Waals surface area contributed by atoms with E-state index < -0.39 is 5.41 Å². The Morgan fingerprint density at radius 1 is 1.00 bits per heavy atom. The van der Waals surface area contributed by atoms with Gasteiger partial charge in [0, 0.05) is 39.9 Å². The van der Waals surface area contributed by atoms with Crippen molar-refractivity contribution < 1.29 is 9.05 Å². The van der Waals surface area contributed by atoms with Gasteiger partial charge in [0.15, 0.2) is 0 Å². The second-order valence-corrected chi connectivity index (χ2v) is 9.52. The molecule has 32 heavy (non-hydrogen) atoms. The first-order valence-electron chi connectivity index (χ1n) is 9.90. The number of rotatable bonds is 6. The van der Waals surface area contributed by atoms with Crippen LogP contribution >= 0.6 is 34.5 Å². The summed E-state index contributed by atoms with van der Waals surface area (Å²) < 4.78 is 10.7. The Bertz CT molecular complexity index is 1240. The summed E-state index contributed by atoms with van der Waals surface area (Å²) in [6.07, 6.45) is 0.798. The summed E-state index contributed by atoms with van der Waals surface area (Å²) >= 11 is 13.9. The summed E-state index contributed by atoms with van der Waals surface area (Å²) in [7, 11) is 0. The number of benzene rings is 1. The third kappa shape index (κ3) is 4.06. The zero-order valence-corrected chi connectivity index (χ0v) is 20.3. The minimum absolute atomic E-state index is 0.399. The average molecular weight is 487 g/mol. The number of halogens is 2. The monoisotopic (exact) mass is 486 g/mol. The van der Waals surface area contributed by atoms with Crippen molar-refractivity contribution in [3.05, 3.63) is 72.7 Å². The summed E-state index contributed by atoms with van der Waals surface area (Å²) in [5.74, 6) is 1.39. The van der Waals surface area contributed by atoms with Crippen molar-refractivity contribution in [1.29, 1.82) is 5.26 Å². The highest BCUT2D eigenvalue weighted by atomic mass is 35.5. The topological polar surface area (TPSA) is 88.7 Å². The summed E-state index contributed by atoms with van der Waals surface area (Å²) in [5.41, 5.74) is 3.82. The number of nitriles is 1. The van der Waals surface area contributed by atoms with Gasteiger partial charge in [-0.1, -0.05) is 33.5 Å². The Kier molecular flexibility index (Phi) is 6.13. The molecule has 0 saturated heterocycles. The molecule has 0 spiro atoms.